The van der Waals surface area contributed by atoms with Gasteiger partial charge in [0.15, 0.2) is 0 Å². The number of carbonyl (C=O) groups excluding carboxylic acids is 2. The minimum atomic E-state index is -5.18. The molecule has 6 rings (SSSR count). The van der Waals surface area contributed by atoms with Crippen LogP contribution in [0.2, 0.25) is 6.32 Å². The van der Waals surface area contributed by atoms with Gasteiger partial charge in [0.2, 0.25) is 11.8 Å². The van der Waals surface area contributed by atoms with Crippen molar-refractivity contribution in [3.8, 4) is 5.75 Å². The van der Waals surface area contributed by atoms with Crippen LogP contribution in [0.25, 0.3) is 11.6 Å². The number of hydrogen-bond donors (Lipinski definition) is 2. The number of methoxy groups -OCH3 is 1. The molecule has 2 saturated heterocycles. The highest BCUT2D eigenvalue weighted by Gasteiger charge is 2.58. The van der Waals surface area contributed by atoms with Crippen molar-refractivity contribution >= 4 is 36.3 Å². The maximum atomic E-state index is 14.0. The Hall–Kier alpha value is -4.47. The van der Waals surface area contributed by atoms with Crippen LogP contribution in [-0.2, 0) is 31.3 Å². The number of aromatic nitrogens is 1. The summed E-state index contributed by atoms with van der Waals surface area (Å²) in [7, 11) is 0.0428. The van der Waals surface area contributed by atoms with E-state index < -0.39 is 72.0 Å². The van der Waals surface area contributed by atoms with Gasteiger partial charge in [0.05, 0.1) is 47.1 Å². The van der Waals surface area contributed by atoms with Gasteiger partial charge >= 0.3 is 19.5 Å². The SMILES string of the molecule is COCC1=C2[C@@H](CC/C(=C/c3cccc(O)c3)c3ccccn3)OB(O)C[C@@H]2[C@@H]2C(=O)N(c3cc(C(F)(F)F)cc(C(F)(F)F)c3)C(=O)[C@@H]2C1. The van der Waals surface area contributed by atoms with Crippen molar-refractivity contribution in [2.75, 3.05) is 18.6 Å². The Morgan fingerprint density at radius 3 is 2.34 bits per heavy atom. The summed E-state index contributed by atoms with van der Waals surface area (Å²) in [6.07, 6.45) is -7.24. The van der Waals surface area contributed by atoms with Crippen LogP contribution in [0.4, 0.5) is 32.0 Å². The number of carbonyl (C=O) groups is 2. The third-order valence-corrected chi connectivity index (χ3v) is 9.34. The Kier molecular flexibility index (Phi) is 9.68. The number of nitrogens with zero attached hydrogens (tertiary/aromatic N) is 2. The number of hydrogen-bond acceptors (Lipinski definition) is 7. The molecule has 15 heteroatoms. The maximum absolute atomic E-state index is 14.0. The summed E-state index contributed by atoms with van der Waals surface area (Å²) in [6, 6.07) is 12.7. The first-order valence-corrected chi connectivity index (χ1v) is 15.8. The molecule has 3 heterocycles. The molecule has 0 radical (unpaired) electrons. The first kappa shape index (κ1) is 35.4. The van der Waals surface area contributed by atoms with Gasteiger partial charge in [-0.3, -0.25) is 14.6 Å². The summed E-state index contributed by atoms with van der Waals surface area (Å²) >= 11 is 0. The normalized spacial score (nSPS) is 23.0. The third kappa shape index (κ3) is 7.07. The van der Waals surface area contributed by atoms with Gasteiger partial charge in [0, 0.05) is 13.3 Å². The summed E-state index contributed by atoms with van der Waals surface area (Å²) < 4.78 is 93.6. The van der Waals surface area contributed by atoms with Crippen molar-refractivity contribution in [1.82, 2.24) is 4.98 Å². The van der Waals surface area contributed by atoms with Crippen LogP contribution in [0.3, 0.4) is 0 Å². The molecule has 0 bridgehead atoms. The molecule has 2 fully saturated rings. The van der Waals surface area contributed by atoms with Gasteiger partial charge in [-0.2, -0.15) is 26.3 Å². The highest BCUT2D eigenvalue weighted by Crippen LogP contribution is 2.52. The number of phenols is 1. The highest BCUT2D eigenvalue weighted by molar-refractivity contribution is 6.43. The van der Waals surface area contributed by atoms with Crippen LogP contribution < -0.4 is 4.90 Å². The second-order valence-corrected chi connectivity index (χ2v) is 12.5. The van der Waals surface area contributed by atoms with Gasteiger partial charge in [-0.15, -0.1) is 0 Å². The molecular weight excluding hydrogens is 669 g/mol. The summed E-state index contributed by atoms with van der Waals surface area (Å²) in [4.78, 5) is 32.7. The van der Waals surface area contributed by atoms with E-state index in [1.54, 1.807) is 30.5 Å². The fourth-order valence-electron chi connectivity index (χ4n) is 7.32. The number of pyridine rings is 1. The number of amides is 2. The number of anilines is 1. The lowest BCUT2D eigenvalue weighted by atomic mass is 9.58. The lowest BCUT2D eigenvalue weighted by Gasteiger charge is -2.43. The zero-order chi connectivity index (χ0) is 36.0. The number of benzene rings is 2. The Morgan fingerprint density at radius 1 is 1.00 bits per heavy atom. The molecule has 1 aliphatic carbocycles. The Bertz CT molecular complexity index is 1810. The van der Waals surface area contributed by atoms with Gasteiger partial charge in [-0.05, 0) is 102 Å². The van der Waals surface area contributed by atoms with Crippen molar-refractivity contribution in [3.05, 3.63) is 100 Å². The molecule has 2 aromatic carbocycles. The number of halogens is 6. The van der Waals surface area contributed by atoms with E-state index in [0.717, 1.165) is 5.57 Å². The second-order valence-electron chi connectivity index (χ2n) is 12.5. The number of phenolic OH excluding ortho intramolecular Hbond substituents is 1. The van der Waals surface area contributed by atoms with Crippen LogP contribution in [0.15, 0.2) is 78.0 Å². The molecule has 0 spiro atoms. The number of ether oxygens (including phenoxy) is 1. The van der Waals surface area contributed by atoms with Gasteiger partial charge < -0.3 is 19.5 Å². The number of alkyl halides is 6. The molecule has 0 unspecified atom stereocenters. The van der Waals surface area contributed by atoms with Crippen molar-refractivity contribution in [2.45, 2.75) is 44.0 Å². The molecule has 4 atom stereocenters. The molecule has 8 nitrogen and oxygen atoms in total. The molecule has 2 aliphatic heterocycles. The maximum Gasteiger partial charge on any atom is 0.455 e. The molecule has 2 N–H and O–H groups in total. The first-order chi connectivity index (χ1) is 23.7. The lowest BCUT2D eigenvalue weighted by molar-refractivity contribution is -0.143. The highest BCUT2D eigenvalue weighted by atomic mass is 19.4. The molecule has 3 aliphatic rings. The van der Waals surface area contributed by atoms with Crippen molar-refractivity contribution in [2.24, 2.45) is 17.8 Å². The number of imide groups is 1. The zero-order valence-electron chi connectivity index (χ0n) is 26.5. The van der Waals surface area contributed by atoms with Crippen LogP contribution in [0.5, 0.6) is 5.75 Å². The van der Waals surface area contributed by atoms with Crippen molar-refractivity contribution in [1.29, 1.82) is 0 Å². The van der Waals surface area contributed by atoms with Crippen LogP contribution in [0.1, 0.15) is 41.6 Å². The van der Waals surface area contributed by atoms with Crippen molar-refractivity contribution < 1.29 is 55.5 Å². The number of rotatable bonds is 8. The minimum absolute atomic E-state index is 0.0144. The first-order valence-electron chi connectivity index (χ1n) is 15.8. The van der Waals surface area contributed by atoms with Crippen LogP contribution in [-0.4, -0.2) is 53.9 Å². The Morgan fingerprint density at radius 2 is 1.72 bits per heavy atom. The van der Waals surface area contributed by atoms with E-state index in [0.29, 0.717) is 45.9 Å². The van der Waals surface area contributed by atoms with Crippen LogP contribution >= 0.6 is 0 Å². The monoisotopic (exact) mass is 700 g/mol. The summed E-state index contributed by atoms with van der Waals surface area (Å²) in [5, 5.41) is 20.9. The third-order valence-electron chi connectivity index (χ3n) is 9.34. The minimum Gasteiger partial charge on any atom is -0.508 e. The molecular formula is C35H31BF6N2O6. The Labute approximate surface area is 283 Å². The zero-order valence-corrected chi connectivity index (χ0v) is 26.5. The lowest BCUT2D eigenvalue weighted by Crippen LogP contribution is -2.46. The molecule has 50 heavy (non-hydrogen) atoms. The standard InChI is InChI=1S/C35H31BF6N2O6/c1-49-18-21-13-26-31(33(47)44(32(26)46)24-15-22(34(37,38)39)14-23(16-24)35(40,41)42)27-17-36(48)50-29(30(21)27)9-8-20(28-7-2-3-10-43-28)11-19-5-4-6-25(45)12-19/h2-7,10-12,14-16,26-27,29,31,45,48H,8-9,13,17-18H2,1H3/b20-11-/t26-,27+,29-,31-/m1/s1. The van der Waals surface area contributed by atoms with Gasteiger partial charge in [-0.1, -0.05) is 18.2 Å². The topological polar surface area (TPSA) is 109 Å². The fraction of sp³-hybridized carbons (Fsp3) is 0.343. The molecule has 262 valence electrons. The van der Waals surface area contributed by atoms with Gasteiger partial charge in [0.1, 0.15) is 5.75 Å². The largest absolute Gasteiger partial charge is 0.508 e. The summed E-state index contributed by atoms with van der Waals surface area (Å²) in [5.74, 6) is -4.89. The van der Waals surface area contributed by atoms with Crippen LogP contribution in [0, 0.1) is 17.8 Å². The molecule has 1 aromatic heterocycles. The van der Waals surface area contributed by atoms with E-state index in [-0.39, 0.29) is 37.6 Å². The van der Waals surface area contributed by atoms with E-state index in [2.05, 4.69) is 4.98 Å². The molecule has 3 aromatic rings. The van der Waals surface area contributed by atoms with Crippen molar-refractivity contribution in [3.63, 3.8) is 0 Å². The second kappa shape index (κ2) is 13.7. The van der Waals surface area contributed by atoms with Gasteiger partial charge in [0.25, 0.3) is 0 Å². The Balaban J connectivity index is 1.35. The smallest absolute Gasteiger partial charge is 0.455 e. The fourth-order valence-corrected chi connectivity index (χ4v) is 7.32. The molecule has 2 amide bonds. The van der Waals surface area contributed by atoms with E-state index in [9.17, 15) is 46.1 Å². The van der Waals surface area contributed by atoms with E-state index in [4.69, 9.17) is 9.39 Å². The van der Waals surface area contributed by atoms with E-state index in [1.165, 1.54) is 13.2 Å². The number of allylic oxidation sites excluding steroid dienone is 1. The predicted molar refractivity (Wildman–Crippen MR) is 170 cm³/mol. The average molecular weight is 700 g/mol. The van der Waals surface area contributed by atoms with E-state index >= 15 is 0 Å². The van der Waals surface area contributed by atoms with Gasteiger partial charge in [-0.25, -0.2) is 4.90 Å². The van der Waals surface area contributed by atoms with E-state index in [1.807, 2.05) is 18.2 Å². The number of aromatic hydroxyl groups is 1. The summed E-state index contributed by atoms with van der Waals surface area (Å²) in [6.45, 7) is 0.0144. The summed E-state index contributed by atoms with van der Waals surface area (Å²) in [5.41, 5.74) is -0.804. The quantitative estimate of drug-likeness (QED) is 0.115. The predicted octanol–water partition coefficient (Wildman–Crippen LogP) is 6.79. The average Bonchev–Trinajstić information content (AvgIpc) is 3.31. The number of fused-ring (bicyclic) bond motifs is 3. The molecule has 0 saturated carbocycles.